The van der Waals surface area contributed by atoms with Gasteiger partial charge in [0.15, 0.2) is 0 Å². The average molecular weight is 316 g/mol. The zero-order valence-electron chi connectivity index (χ0n) is 12.6. The van der Waals surface area contributed by atoms with E-state index in [0.29, 0.717) is 6.42 Å². The highest BCUT2D eigenvalue weighted by Crippen LogP contribution is 2.35. The summed E-state index contributed by atoms with van der Waals surface area (Å²) in [6.07, 6.45) is 0.276. The SMILES string of the molecule is CC(C)(C)c1ccc(C(O)Cc2csc3ccccc23)s1. The molecule has 1 nitrogen and oxygen atoms in total. The number of benzene rings is 1. The van der Waals surface area contributed by atoms with E-state index < -0.39 is 6.10 Å². The van der Waals surface area contributed by atoms with Crippen LogP contribution in [-0.4, -0.2) is 5.11 Å². The Balaban J connectivity index is 1.83. The number of rotatable bonds is 3. The first-order valence-electron chi connectivity index (χ1n) is 7.18. The van der Waals surface area contributed by atoms with Crippen molar-refractivity contribution in [1.82, 2.24) is 0 Å². The van der Waals surface area contributed by atoms with Crippen LogP contribution in [0.2, 0.25) is 0 Å². The van der Waals surface area contributed by atoms with E-state index in [4.69, 9.17) is 0 Å². The van der Waals surface area contributed by atoms with E-state index in [2.05, 4.69) is 62.5 Å². The number of fused-ring (bicyclic) bond motifs is 1. The Kier molecular flexibility index (Phi) is 3.91. The summed E-state index contributed by atoms with van der Waals surface area (Å²) >= 11 is 3.48. The molecule has 1 unspecified atom stereocenters. The van der Waals surface area contributed by atoms with Crippen molar-refractivity contribution in [2.75, 3.05) is 0 Å². The zero-order valence-corrected chi connectivity index (χ0v) is 14.2. The van der Waals surface area contributed by atoms with Gasteiger partial charge in [0.2, 0.25) is 0 Å². The lowest BCUT2D eigenvalue weighted by Crippen LogP contribution is -2.07. The van der Waals surface area contributed by atoms with E-state index in [9.17, 15) is 5.11 Å². The van der Waals surface area contributed by atoms with E-state index in [0.717, 1.165) is 4.88 Å². The smallest absolute Gasteiger partial charge is 0.0922 e. The molecule has 3 heteroatoms. The van der Waals surface area contributed by atoms with Gasteiger partial charge in [-0.1, -0.05) is 39.0 Å². The lowest BCUT2D eigenvalue weighted by Gasteiger charge is -2.15. The van der Waals surface area contributed by atoms with E-state index in [-0.39, 0.29) is 5.41 Å². The van der Waals surface area contributed by atoms with Gasteiger partial charge in [0.1, 0.15) is 0 Å². The lowest BCUT2D eigenvalue weighted by atomic mass is 9.95. The minimum atomic E-state index is -0.413. The molecule has 1 aromatic carbocycles. The summed E-state index contributed by atoms with van der Waals surface area (Å²) in [5.41, 5.74) is 1.39. The quantitative estimate of drug-likeness (QED) is 0.673. The summed E-state index contributed by atoms with van der Waals surface area (Å²) in [5.74, 6) is 0. The Morgan fingerprint density at radius 3 is 2.57 bits per heavy atom. The van der Waals surface area contributed by atoms with Crippen LogP contribution in [0.25, 0.3) is 10.1 Å². The van der Waals surface area contributed by atoms with E-state index in [1.807, 2.05) is 0 Å². The molecule has 21 heavy (non-hydrogen) atoms. The standard InChI is InChI=1S/C18H20OS2/c1-18(2,3)17-9-8-16(21-17)14(19)10-12-11-20-15-7-5-4-6-13(12)15/h4-9,11,14,19H,10H2,1-3H3. The van der Waals surface area contributed by atoms with Gasteiger partial charge in [0.05, 0.1) is 6.10 Å². The summed E-state index contributed by atoms with van der Waals surface area (Å²) in [7, 11) is 0. The minimum Gasteiger partial charge on any atom is -0.387 e. The van der Waals surface area contributed by atoms with Crippen LogP contribution in [0.5, 0.6) is 0 Å². The Morgan fingerprint density at radius 2 is 1.86 bits per heavy atom. The maximum atomic E-state index is 10.5. The zero-order chi connectivity index (χ0) is 15.0. The summed E-state index contributed by atoms with van der Waals surface area (Å²) in [5, 5.41) is 14.0. The summed E-state index contributed by atoms with van der Waals surface area (Å²) in [4.78, 5) is 2.39. The van der Waals surface area contributed by atoms with Crippen molar-refractivity contribution < 1.29 is 5.11 Å². The molecule has 0 amide bonds. The third-order valence-electron chi connectivity index (χ3n) is 3.67. The summed E-state index contributed by atoms with van der Waals surface area (Å²) in [6, 6.07) is 12.6. The van der Waals surface area contributed by atoms with Crippen LogP contribution in [0.1, 0.15) is 42.2 Å². The van der Waals surface area contributed by atoms with Gasteiger partial charge in [0, 0.05) is 20.9 Å². The number of aliphatic hydroxyl groups is 1. The molecular weight excluding hydrogens is 296 g/mol. The number of hydrogen-bond donors (Lipinski definition) is 1. The molecule has 1 atom stereocenters. The van der Waals surface area contributed by atoms with E-state index >= 15 is 0 Å². The largest absolute Gasteiger partial charge is 0.387 e. The third kappa shape index (κ3) is 3.05. The predicted octanol–water partition coefficient (Wildman–Crippen LogP) is 5.54. The Labute approximate surface area is 133 Å². The normalized spacial score (nSPS) is 13.7. The van der Waals surface area contributed by atoms with Crippen LogP contribution >= 0.6 is 22.7 Å². The highest BCUT2D eigenvalue weighted by atomic mass is 32.1. The Morgan fingerprint density at radius 1 is 1.10 bits per heavy atom. The minimum absolute atomic E-state index is 0.151. The number of aliphatic hydroxyl groups excluding tert-OH is 1. The molecule has 0 saturated heterocycles. The molecule has 3 aromatic rings. The van der Waals surface area contributed by atoms with Crippen molar-refractivity contribution in [3.8, 4) is 0 Å². The monoisotopic (exact) mass is 316 g/mol. The van der Waals surface area contributed by atoms with E-state index in [1.165, 1.54) is 20.5 Å². The molecule has 3 rings (SSSR count). The maximum absolute atomic E-state index is 10.5. The second kappa shape index (κ2) is 5.56. The van der Waals surface area contributed by atoms with Crippen LogP contribution in [0.15, 0.2) is 41.8 Å². The fourth-order valence-electron chi connectivity index (χ4n) is 2.43. The first kappa shape index (κ1) is 14.8. The fraction of sp³-hybridized carbons (Fsp3) is 0.333. The molecule has 0 aliphatic heterocycles. The molecule has 2 heterocycles. The molecule has 0 fully saturated rings. The number of thiophene rings is 2. The van der Waals surface area contributed by atoms with Crippen LogP contribution in [0.3, 0.4) is 0 Å². The first-order chi connectivity index (χ1) is 9.95. The van der Waals surface area contributed by atoms with Crippen molar-refractivity contribution in [3.05, 3.63) is 57.1 Å². The van der Waals surface area contributed by atoms with Crippen LogP contribution in [0.4, 0.5) is 0 Å². The summed E-state index contributed by atoms with van der Waals surface area (Å²) < 4.78 is 1.29. The molecule has 0 saturated carbocycles. The third-order valence-corrected chi connectivity index (χ3v) is 6.29. The van der Waals surface area contributed by atoms with Crippen molar-refractivity contribution in [2.45, 2.75) is 38.7 Å². The Bertz CT molecular complexity index is 746. The Hall–Kier alpha value is -1.16. The van der Waals surface area contributed by atoms with Gasteiger partial charge in [-0.3, -0.25) is 0 Å². The highest BCUT2D eigenvalue weighted by Gasteiger charge is 2.19. The average Bonchev–Trinajstić information content (AvgIpc) is 3.05. The molecular formula is C18H20OS2. The number of hydrogen-bond acceptors (Lipinski definition) is 3. The second-order valence-electron chi connectivity index (χ2n) is 6.43. The lowest BCUT2D eigenvalue weighted by molar-refractivity contribution is 0.183. The first-order valence-corrected chi connectivity index (χ1v) is 8.88. The second-order valence-corrected chi connectivity index (χ2v) is 8.46. The van der Waals surface area contributed by atoms with Crippen LogP contribution < -0.4 is 0 Å². The van der Waals surface area contributed by atoms with Gasteiger partial charge in [-0.25, -0.2) is 0 Å². The van der Waals surface area contributed by atoms with Gasteiger partial charge in [0.25, 0.3) is 0 Å². The van der Waals surface area contributed by atoms with Gasteiger partial charge < -0.3 is 5.11 Å². The van der Waals surface area contributed by atoms with Crippen molar-refractivity contribution in [2.24, 2.45) is 0 Å². The fourth-order valence-corrected chi connectivity index (χ4v) is 4.46. The topological polar surface area (TPSA) is 20.2 Å². The predicted molar refractivity (Wildman–Crippen MR) is 93.5 cm³/mol. The highest BCUT2D eigenvalue weighted by molar-refractivity contribution is 7.17. The maximum Gasteiger partial charge on any atom is 0.0922 e. The van der Waals surface area contributed by atoms with Gasteiger partial charge in [-0.15, -0.1) is 22.7 Å². The van der Waals surface area contributed by atoms with Gasteiger partial charge >= 0.3 is 0 Å². The molecule has 110 valence electrons. The molecule has 0 aliphatic rings. The van der Waals surface area contributed by atoms with Crippen LogP contribution in [-0.2, 0) is 11.8 Å². The van der Waals surface area contributed by atoms with Gasteiger partial charge in [-0.2, -0.15) is 0 Å². The molecule has 0 bridgehead atoms. The van der Waals surface area contributed by atoms with Crippen molar-refractivity contribution in [3.63, 3.8) is 0 Å². The molecule has 0 radical (unpaired) electrons. The molecule has 2 aromatic heterocycles. The van der Waals surface area contributed by atoms with Crippen molar-refractivity contribution >= 4 is 32.8 Å². The molecule has 0 spiro atoms. The van der Waals surface area contributed by atoms with Gasteiger partial charge in [-0.05, 0) is 39.9 Å². The molecule has 1 N–H and O–H groups in total. The summed E-state index contributed by atoms with van der Waals surface area (Å²) in [6.45, 7) is 6.63. The van der Waals surface area contributed by atoms with Crippen LogP contribution in [0, 0.1) is 0 Å². The van der Waals surface area contributed by atoms with Crippen molar-refractivity contribution in [1.29, 1.82) is 0 Å². The molecule has 0 aliphatic carbocycles. The van der Waals surface area contributed by atoms with E-state index in [1.54, 1.807) is 22.7 Å².